The van der Waals surface area contributed by atoms with Crippen molar-refractivity contribution in [2.24, 2.45) is 0 Å². The lowest BCUT2D eigenvalue weighted by Crippen LogP contribution is -2.50. The summed E-state index contributed by atoms with van der Waals surface area (Å²) in [5, 5.41) is 10.3. The molecule has 1 heterocycles. The molecule has 1 aliphatic heterocycles. The van der Waals surface area contributed by atoms with E-state index in [1.54, 1.807) is 42.2 Å². The lowest BCUT2D eigenvalue weighted by molar-refractivity contribution is -0.136. The Balaban J connectivity index is 1.58. The van der Waals surface area contributed by atoms with Crippen molar-refractivity contribution < 1.29 is 27.5 Å². The molecule has 0 unspecified atom stereocenters. The Labute approximate surface area is 197 Å². The van der Waals surface area contributed by atoms with Gasteiger partial charge in [-0.3, -0.25) is 9.59 Å². The van der Waals surface area contributed by atoms with Crippen molar-refractivity contribution in [1.82, 2.24) is 9.21 Å². The third kappa shape index (κ3) is 4.95. The highest BCUT2D eigenvalue weighted by Gasteiger charge is 2.31. The number of carbonyl (C=O) groups is 2. The van der Waals surface area contributed by atoms with E-state index in [1.165, 1.54) is 22.5 Å². The minimum Gasteiger partial charge on any atom is -0.481 e. The largest absolute Gasteiger partial charge is 0.481 e. The third-order valence-corrected chi connectivity index (χ3v) is 7.99. The Morgan fingerprint density at radius 1 is 1.00 bits per heavy atom. The van der Waals surface area contributed by atoms with Crippen LogP contribution in [0.3, 0.4) is 0 Å². The average Bonchev–Trinajstić information content (AvgIpc) is 2.80. The fourth-order valence-corrected chi connectivity index (χ4v) is 5.87. The maximum atomic E-state index is 14.0. The van der Waals surface area contributed by atoms with Crippen LogP contribution in [0, 0.1) is 12.7 Å². The molecule has 0 saturated carbocycles. The monoisotopic (exact) mass is 484 g/mol. The zero-order chi connectivity index (χ0) is 24.5. The second-order valence-corrected chi connectivity index (χ2v) is 10.4. The van der Waals surface area contributed by atoms with Gasteiger partial charge < -0.3 is 10.0 Å². The quantitative estimate of drug-likeness (QED) is 0.580. The van der Waals surface area contributed by atoms with E-state index >= 15 is 0 Å². The molecule has 3 aromatic rings. The second kappa shape index (κ2) is 9.52. The normalized spacial score (nSPS) is 14.9. The fourth-order valence-electron chi connectivity index (χ4n) is 4.36. The van der Waals surface area contributed by atoms with Gasteiger partial charge in [-0.05, 0) is 46.5 Å². The first kappa shape index (κ1) is 23.8. The summed E-state index contributed by atoms with van der Waals surface area (Å²) >= 11 is 0. The van der Waals surface area contributed by atoms with Crippen LogP contribution in [0.5, 0.6) is 0 Å². The summed E-state index contributed by atoms with van der Waals surface area (Å²) in [4.78, 5) is 26.4. The van der Waals surface area contributed by atoms with E-state index in [-0.39, 0.29) is 49.8 Å². The fraction of sp³-hybridized carbons (Fsp3) is 0.280. The molecule has 0 spiro atoms. The van der Waals surface area contributed by atoms with Gasteiger partial charge in [-0.2, -0.15) is 4.31 Å². The van der Waals surface area contributed by atoms with Gasteiger partial charge in [-0.1, -0.05) is 42.5 Å². The molecule has 9 heteroatoms. The summed E-state index contributed by atoms with van der Waals surface area (Å²) in [5.41, 5.74) is 1.93. The molecule has 1 fully saturated rings. The summed E-state index contributed by atoms with van der Waals surface area (Å²) < 4.78 is 41.1. The molecule has 0 atom stereocenters. The summed E-state index contributed by atoms with van der Waals surface area (Å²) in [7, 11) is -3.54. The van der Waals surface area contributed by atoms with Gasteiger partial charge in [0.15, 0.2) is 0 Å². The summed E-state index contributed by atoms with van der Waals surface area (Å²) in [5.74, 6) is -1.99. The third-order valence-electron chi connectivity index (χ3n) is 6.14. The number of carboxylic acids is 1. The number of benzene rings is 3. The maximum absolute atomic E-state index is 14.0. The molecule has 0 aromatic heterocycles. The van der Waals surface area contributed by atoms with E-state index < -0.39 is 21.8 Å². The number of hydrogen-bond donors (Lipinski definition) is 1. The van der Waals surface area contributed by atoms with Crippen LogP contribution in [0.2, 0.25) is 0 Å². The Morgan fingerprint density at radius 3 is 2.32 bits per heavy atom. The summed E-state index contributed by atoms with van der Waals surface area (Å²) in [6.45, 7) is 2.34. The molecule has 34 heavy (non-hydrogen) atoms. The van der Waals surface area contributed by atoms with Crippen molar-refractivity contribution in [3.05, 3.63) is 82.7 Å². The van der Waals surface area contributed by atoms with Crippen molar-refractivity contribution in [3.63, 3.8) is 0 Å². The molecule has 1 saturated heterocycles. The van der Waals surface area contributed by atoms with E-state index in [9.17, 15) is 27.5 Å². The molecular formula is C25H25FN2O5S. The highest BCUT2D eigenvalue weighted by Crippen LogP contribution is 2.29. The number of rotatable bonds is 6. The lowest BCUT2D eigenvalue weighted by atomic mass is 9.92. The van der Waals surface area contributed by atoms with E-state index in [0.717, 1.165) is 0 Å². The van der Waals surface area contributed by atoms with Gasteiger partial charge in [-0.15, -0.1) is 0 Å². The molecule has 1 N–H and O–H groups in total. The predicted octanol–water partition coefficient (Wildman–Crippen LogP) is 3.20. The number of carboxylic acid groups (broad SMARTS) is 1. The van der Waals surface area contributed by atoms with Gasteiger partial charge in [0.2, 0.25) is 10.0 Å². The average molecular weight is 485 g/mol. The molecule has 0 radical (unpaired) electrons. The predicted molar refractivity (Wildman–Crippen MR) is 127 cm³/mol. The Kier molecular flexibility index (Phi) is 6.67. The molecule has 1 amide bonds. The summed E-state index contributed by atoms with van der Waals surface area (Å²) in [6, 6.07) is 14.7. The first-order valence-electron chi connectivity index (χ1n) is 10.9. The highest BCUT2D eigenvalue weighted by molar-refractivity contribution is 7.88. The highest BCUT2D eigenvalue weighted by atomic mass is 32.2. The minimum atomic E-state index is -3.54. The Hall–Kier alpha value is -3.30. The maximum Gasteiger partial charge on any atom is 0.307 e. The molecule has 1 aliphatic rings. The van der Waals surface area contributed by atoms with E-state index in [1.807, 2.05) is 6.07 Å². The molecule has 178 valence electrons. The van der Waals surface area contributed by atoms with Crippen LogP contribution in [-0.2, 0) is 27.0 Å². The van der Waals surface area contributed by atoms with Crippen LogP contribution in [-0.4, -0.2) is 60.8 Å². The number of amides is 1. The number of carbonyl (C=O) groups excluding carboxylic acids is 1. The Morgan fingerprint density at radius 2 is 1.68 bits per heavy atom. The van der Waals surface area contributed by atoms with Crippen LogP contribution in [0.4, 0.5) is 4.39 Å². The van der Waals surface area contributed by atoms with Gasteiger partial charge in [0, 0.05) is 26.2 Å². The molecule has 4 rings (SSSR count). The number of halogens is 1. The summed E-state index contributed by atoms with van der Waals surface area (Å²) in [6.07, 6.45) is -0.259. The Bertz CT molecular complexity index is 1350. The smallest absolute Gasteiger partial charge is 0.307 e. The van der Waals surface area contributed by atoms with Crippen LogP contribution >= 0.6 is 0 Å². The molecule has 3 aromatic carbocycles. The molecule has 0 bridgehead atoms. The van der Waals surface area contributed by atoms with Gasteiger partial charge in [0.25, 0.3) is 5.91 Å². The van der Waals surface area contributed by atoms with E-state index in [4.69, 9.17) is 0 Å². The van der Waals surface area contributed by atoms with Crippen LogP contribution in [0.15, 0.2) is 54.6 Å². The number of piperazine rings is 1. The first-order chi connectivity index (χ1) is 16.2. The number of sulfonamides is 1. The molecular weight excluding hydrogens is 459 g/mol. The minimum absolute atomic E-state index is 0.109. The number of nitrogens with zero attached hydrogens (tertiary/aromatic N) is 2. The number of fused-ring (bicyclic) bond motifs is 1. The van der Waals surface area contributed by atoms with E-state index in [0.29, 0.717) is 27.5 Å². The molecule has 0 aliphatic carbocycles. The van der Waals surface area contributed by atoms with Gasteiger partial charge in [0.1, 0.15) is 5.82 Å². The molecule has 7 nitrogen and oxygen atoms in total. The van der Waals surface area contributed by atoms with Crippen molar-refractivity contribution >= 4 is 32.7 Å². The standard InChI is InChI=1S/C25H25FN2O5S/c1-17-20(14-23(29)30)13-19-7-8-21(26)15-22(19)24(17)25(31)27-9-11-28(12-10-27)34(32,33)16-18-5-3-2-4-6-18/h2-8,13,15H,9-12,14,16H2,1H3,(H,29,30). The topological polar surface area (TPSA) is 95.0 Å². The van der Waals surface area contributed by atoms with Crippen LogP contribution < -0.4 is 0 Å². The van der Waals surface area contributed by atoms with Crippen molar-refractivity contribution in [3.8, 4) is 0 Å². The van der Waals surface area contributed by atoms with Gasteiger partial charge >= 0.3 is 5.97 Å². The van der Waals surface area contributed by atoms with Crippen LogP contribution in [0.25, 0.3) is 10.8 Å². The number of aliphatic carboxylic acids is 1. The second-order valence-electron chi connectivity index (χ2n) is 8.40. The first-order valence-corrected chi connectivity index (χ1v) is 12.5. The SMILES string of the molecule is Cc1c(CC(=O)O)cc2ccc(F)cc2c1C(=O)N1CCN(S(=O)(=O)Cc2ccccc2)CC1. The lowest BCUT2D eigenvalue weighted by Gasteiger charge is -2.34. The zero-order valence-corrected chi connectivity index (χ0v) is 19.5. The van der Waals surface area contributed by atoms with Gasteiger partial charge in [-0.25, -0.2) is 12.8 Å². The zero-order valence-electron chi connectivity index (χ0n) is 18.7. The van der Waals surface area contributed by atoms with Gasteiger partial charge in [0.05, 0.1) is 17.7 Å². The van der Waals surface area contributed by atoms with Crippen molar-refractivity contribution in [2.75, 3.05) is 26.2 Å². The number of hydrogen-bond acceptors (Lipinski definition) is 4. The van der Waals surface area contributed by atoms with Crippen LogP contribution in [0.1, 0.15) is 27.0 Å². The van der Waals surface area contributed by atoms with Crippen molar-refractivity contribution in [2.45, 2.75) is 19.1 Å². The van der Waals surface area contributed by atoms with Crippen molar-refractivity contribution in [1.29, 1.82) is 0 Å². The van der Waals surface area contributed by atoms with E-state index in [2.05, 4.69) is 0 Å².